The van der Waals surface area contributed by atoms with Crippen molar-refractivity contribution in [2.24, 2.45) is 0 Å². The van der Waals surface area contributed by atoms with Gasteiger partial charge in [-0.25, -0.2) is 4.98 Å². The van der Waals surface area contributed by atoms with E-state index in [-0.39, 0.29) is 12.4 Å². The molecule has 1 aromatic carbocycles. The zero-order valence-electron chi connectivity index (χ0n) is 10.6. The summed E-state index contributed by atoms with van der Waals surface area (Å²) in [5, 5.41) is 4.17. The highest BCUT2D eigenvalue weighted by atomic mass is 79.9. The molecule has 0 spiro atoms. The minimum absolute atomic E-state index is 0. The van der Waals surface area contributed by atoms with E-state index < -0.39 is 0 Å². The van der Waals surface area contributed by atoms with Gasteiger partial charge in [-0.05, 0) is 18.2 Å². The maximum absolute atomic E-state index is 5.67. The van der Waals surface area contributed by atoms with Crippen molar-refractivity contribution < 1.29 is 4.74 Å². The van der Waals surface area contributed by atoms with E-state index >= 15 is 0 Å². The van der Waals surface area contributed by atoms with E-state index in [9.17, 15) is 0 Å². The zero-order chi connectivity index (χ0) is 13.2. The van der Waals surface area contributed by atoms with Gasteiger partial charge < -0.3 is 15.8 Å². The Labute approximate surface area is 136 Å². The van der Waals surface area contributed by atoms with Gasteiger partial charge in [0.2, 0.25) is 0 Å². The SMILES string of the molecule is Cl.Nc1ncc(CNC2CCOc3ccc(Br)cc32)s1. The smallest absolute Gasteiger partial charge is 0.180 e. The summed E-state index contributed by atoms with van der Waals surface area (Å²) in [4.78, 5) is 5.22. The van der Waals surface area contributed by atoms with Crippen molar-refractivity contribution in [2.45, 2.75) is 19.0 Å². The topological polar surface area (TPSA) is 60.2 Å². The Morgan fingerprint density at radius 2 is 2.35 bits per heavy atom. The number of anilines is 1. The van der Waals surface area contributed by atoms with Crippen LogP contribution in [0.5, 0.6) is 5.75 Å². The molecule has 3 rings (SSSR count). The Bertz CT molecular complexity index is 593. The first-order valence-electron chi connectivity index (χ1n) is 6.08. The quantitative estimate of drug-likeness (QED) is 0.860. The fourth-order valence-electron chi connectivity index (χ4n) is 2.21. The zero-order valence-corrected chi connectivity index (χ0v) is 13.9. The Hall–Kier alpha value is -0.820. The highest BCUT2D eigenvalue weighted by molar-refractivity contribution is 9.10. The molecule has 0 saturated heterocycles. The summed E-state index contributed by atoms with van der Waals surface area (Å²) in [6, 6.07) is 6.44. The molecule has 108 valence electrons. The standard InChI is InChI=1S/C13H14BrN3OS.ClH/c14-8-1-2-12-10(5-8)11(3-4-18-12)16-6-9-7-17-13(15)19-9;/h1-2,5,7,11,16H,3-4,6H2,(H2,15,17);1H. The molecule has 2 aromatic rings. The van der Waals surface area contributed by atoms with Crippen LogP contribution < -0.4 is 15.8 Å². The van der Waals surface area contributed by atoms with E-state index in [4.69, 9.17) is 10.5 Å². The molecule has 1 atom stereocenters. The molecule has 20 heavy (non-hydrogen) atoms. The number of nitrogens with one attached hydrogen (secondary N) is 1. The van der Waals surface area contributed by atoms with Crippen LogP contribution in [0.15, 0.2) is 28.9 Å². The Balaban J connectivity index is 0.00000147. The third-order valence-electron chi connectivity index (χ3n) is 3.11. The van der Waals surface area contributed by atoms with Crippen LogP contribution in [0.4, 0.5) is 5.13 Å². The van der Waals surface area contributed by atoms with E-state index in [0.29, 0.717) is 11.2 Å². The van der Waals surface area contributed by atoms with Crippen LogP contribution >= 0.6 is 39.7 Å². The molecule has 2 heterocycles. The van der Waals surface area contributed by atoms with Gasteiger partial charge in [0.25, 0.3) is 0 Å². The summed E-state index contributed by atoms with van der Waals surface area (Å²) in [7, 11) is 0. The number of hydrogen-bond donors (Lipinski definition) is 2. The molecule has 3 N–H and O–H groups in total. The molecule has 1 aliphatic rings. The second-order valence-electron chi connectivity index (χ2n) is 4.42. The van der Waals surface area contributed by atoms with E-state index in [1.54, 1.807) is 0 Å². The Kier molecular flexibility index (Phi) is 5.26. The molecule has 0 bridgehead atoms. The first kappa shape index (κ1) is 15.6. The van der Waals surface area contributed by atoms with E-state index in [0.717, 1.165) is 34.7 Å². The van der Waals surface area contributed by atoms with Crippen molar-refractivity contribution in [1.29, 1.82) is 0 Å². The van der Waals surface area contributed by atoms with Gasteiger partial charge in [-0.1, -0.05) is 15.9 Å². The summed E-state index contributed by atoms with van der Waals surface area (Å²) in [6.45, 7) is 1.53. The lowest BCUT2D eigenvalue weighted by molar-refractivity contribution is 0.252. The maximum atomic E-state index is 5.67. The van der Waals surface area contributed by atoms with Gasteiger partial charge in [-0.3, -0.25) is 0 Å². The number of nitrogens with zero attached hydrogens (tertiary/aromatic N) is 1. The molecule has 0 radical (unpaired) electrons. The van der Waals surface area contributed by atoms with Crippen LogP contribution in [0.1, 0.15) is 22.9 Å². The number of fused-ring (bicyclic) bond motifs is 1. The second-order valence-corrected chi connectivity index (χ2v) is 6.48. The summed E-state index contributed by atoms with van der Waals surface area (Å²) >= 11 is 5.03. The van der Waals surface area contributed by atoms with E-state index in [1.165, 1.54) is 16.9 Å². The van der Waals surface area contributed by atoms with Crippen molar-refractivity contribution in [1.82, 2.24) is 10.3 Å². The van der Waals surface area contributed by atoms with Gasteiger partial charge in [-0.15, -0.1) is 23.7 Å². The molecule has 1 unspecified atom stereocenters. The van der Waals surface area contributed by atoms with Gasteiger partial charge in [0.1, 0.15) is 5.75 Å². The van der Waals surface area contributed by atoms with Gasteiger partial charge in [0, 0.05) is 40.1 Å². The Morgan fingerprint density at radius 1 is 1.50 bits per heavy atom. The molecular weight excluding hydrogens is 362 g/mol. The van der Waals surface area contributed by atoms with Gasteiger partial charge >= 0.3 is 0 Å². The summed E-state index contributed by atoms with van der Waals surface area (Å²) < 4.78 is 6.75. The van der Waals surface area contributed by atoms with Crippen molar-refractivity contribution in [3.8, 4) is 5.75 Å². The molecule has 0 aliphatic carbocycles. The average molecular weight is 377 g/mol. The predicted molar refractivity (Wildman–Crippen MR) is 87.6 cm³/mol. The summed E-state index contributed by atoms with van der Waals surface area (Å²) in [5.41, 5.74) is 6.84. The number of rotatable bonds is 3. The molecule has 0 fully saturated rings. The van der Waals surface area contributed by atoms with Crippen LogP contribution in [0.3, 0.4) is 0 Å². The van der Waals surface area contributed by atoms with Crippen molar-refractivity contribution in [3.05, 3.63) is 39.3 Å². The third-order valence-corrected chi connectivity index (χ3v) is 4.43. The fourth-order valence-corrected chi connectivity index (χ4v) is 3.22. The highest BCUT2D eigenvalue weighted by Gasteiger charge is 2.21. The van der Waals surface area contributed by atoms with Crippen LogP contribution in [0, 0.1) is 0 Å². The molecule has 0 amide bonds. The number of benzene rings is 1. The number of halogens is 2. The van der Waals surface area contributed by atoms with Crippen molar-refractivity contribution in [2.75, 3.05) is 12.3 Å². The minimum Gasteiger partial charge on any atom is -0.493 e. The normalized spacial score (nSPS) is 16.9. The number of nitrogens with two attached hydrogens (primary N) is 1. The number of hydrogen-bond acceptors (Lipinski definition) is 5. The summed E-state index contributed by atoms with van der Waals surface area (Å²) in [6.07, 6.45) is 2.80. The minimum atomic E-state index is 0. The third kappa shape index (κ3) is 3.44. The monoisotopic (exact) mass is 375 g/mol. The molecular formula is C13H15BrClN3OS. The van der Waals surface area contributed by atoms with Gasteiger partial charge in [-0.2, -0.15) is 0 Å². The van der Waals surface area contributed by atoms with Crippen molar-refractivity contribution >= 4 is 44.8 Å². The van der Waals surface area contributed by atoms with Crippen molar-refractivity contribution in [3.63, 3.8) is 0 Å². The van der Waals surface area contributed by atoms with E-state index in [1.807, 2.05) is 18.3 Å². The molecule has 1 aromatic heterocycles. The Morgan fingerprint density at radius 3 is 3.10 bits per heavy atom. The lowest BCUT2D eigenvalue weighted by Crippen LogP contribution is -2.26. The first-order valence-corrected chi connectivity index (χ1v) is 7.69. The molecule has 4 nitrogen and oxygen atoms in total. The largest absolute Gasteiger partial charge is 0.493 e. The lowest BCUT2D eigenvalue weighted by Gasteiger charge is -2.26. The average Bonchev–Trinajstić information content (AvgIpc) is 2.82. The first-order chi connectivity index (χ1) is 9.22. The van der Waals surface area contributed by atoms with Crippen LogP contribution in [-0.4, -0.2) is 11.6 Å². The highest BCUT2D eigenvalue weighted by Crippen LogP contribution is 2.34. The number of ether oxygens (including phenoxy) is 1. The van der Waals surface area contributed by atoms with Crippen LogP contribution in [0.25, 0.3) is 0 Å². The molecule has 0 saturated carbocycles. The molecule has 1 aliphatic heterocycles. The number of thiazole rings is 1. The number of aromatic nitrogens is 1. The maximum Gasteiger partial charge on any atom is 0.180 e. The van der Waals surface area contributed by atoms with Gasteiger partial charge in [0.05, 0.1) is 6.61 Å². The van der Waals surface area contributed by atoms with Crippen LogP contribution in [-0.2, 0) is 6.54 Å². The molecule has 7 heteroatoms. The van der Waals surface area contributed by atoms with E-state index in [2.05, 4.69) is 32.3 Å². The van der Waals surface area contributed by atoms with Gasteiger partial charge in [0.15, 0.2) is 5.13 Å². The summed E-state index contributed by atoms with van der Waals surface area (Å²) in [5.74, 6) is 0.968. The predicted octanol–water partition coefficient (Wildman–Crippen LogP) is 3.52. The number of nitrogen functional groups attached to an aromatic ring is 1. The fraction of sp³-hybridized carbons (Fsp3) is 0.308. The lowest BCUT2D eigenvalue weighted by atomic mass is 10.0. The van der Waals surface area contributed by atoms with Crippen LogP contribution in [0.2, 0.25) is 0 Å². The second kappa shape index (κ2) is 6.76.